The third kappa shape index (κ3) is 13.9. The third-order valence-corrected chi connectivity index (χ3v) is 7.18. The van der Waals surface area contributed by atoms with Gasteiger partial charge < -0.3 is 37.9 Å². The van der Waals surface area contributed by atoms with Crippen LogP contribution in [0.3, 0.4) is 0 Å². The lowest BCUT2D eigenvalue weighted by molar-refractivity contribution is -0.168. The lowest BCUT2D eigenvalue weighted by atomic mass is 10.1. The van der Waals surface area contributed by atoms with Crippen LogP contribution in [0.1, 0.15) is 75.4 Å². The molecule has 0 fully saturated rings. The minimum Gasteiger partial charge on any atom is -0.456 e. The molecule has 0 aliphatic rings. The number of nitrogens with zero attached hydrogens (tertiary/aromatic N) is 2. The first-order valence-corrected chi connectivity index (χ1v) is 16.8. The van der Waals surface area contributed by atoms with E-state index >= 15 is 0 Å². The van der Waals surface area contributed by atoms with E-state index in [0.717, 1.165) is 41.5 Å². The van der Waals surface area contributed by atoms with E-state index in [4.69, 9.17) is 37.9 Å². The summed E-state index contributed by atoms with van der Waals surface area (Å²) in [6.45, 7) is 9.10. The highest BCUT2D eigenvalue weighted by Crippen LogP contribution is 2.31. The quantitative estimate of drug-likeness (QED) is 0.115. The summed E-state index contributed by atoms with van der Waals surface area (Å²) in [5.41, 5.74) is 1.82. The topological polar surface area (TPSA) is 236 Å². The standard InChI is InChI=1S/C38H40N2O16/c1-19-20(2)40-30(18-50-38(48)36(56-26(8)46)16-28-10-12-32(52-22(4)42)34(14-28)54-24(6)44)29(39-19)17-49-37(47)35(55-25(7)45)15-27-9-11-31(51-21(3)41)33(13-27)53-23(5)43/h9-14,35-36H,15-18H2,1-8H3/t35-,36-/m1/s1. The van der Waals surface area contributed by atoms with Gasteiger partial charge in [0.15, 0.2) is 23.0 Å². The second kappa shape index (κ2) is 20.1. The molecule has 18 nitrogen and oxygen atoms in total. The molecular weight excluding hydrogens is 740 g/mol. The van der Waals surface area contributed by atoms with Crippen LogP contribution in [0, 0.1) is 13.8 Å². The fourth-order valence-corrected chi connectivity index (χ4v) is 4.87. The van der Waals surface area contributed by atoms with Gasteiger partial charge in [0, 0.05) is 54.4 Å². The van der Waals surface area contributed by atoms with Gasteiger partial charge in [0.2, 0.25) is 12.2 Å². The zero-order valence-corrected chi connectivity index (χ0v) is 31.9. The molecule has 0 bridgehead atoms. The van der Waals surface area contributed by atoms with Crippen molar-refractivity contribution in [1.82, 2.24) is 9.97 Å². The van der Waals surface area contributed by atoms with E-state index in [-0.39, 0.29) is 47.2 Å². The Kier molecular flexibility index (Phi) is 15.7. The molecule has 56 heavy (non-hydrogen) atoms. The number of ether oxygens (including phenoxy) is 8. The first-order valence-electron chi connectivity index (χ1n) is 16.8. The maximum atomic E-state index is 13.3. The van der Waals surface area contributed by atoms with Gasteiger partial charge >= 0.3 is 47.8 Å². The van der Waals surface area contributed by atoms with Gasteiger partial charge in [0.1, 0.15) is 24.6 Å². The molecule has 0 saturated heterocycles. The first kappa shape index (κ1) is 43.7. The average Bonchev–Trinajstić information content (AvgIpc) is 3.08. The van der Waals surface area contributed by atoms with Crippen molar-refractivity contribution < 1.29 is 76.3 Å². The van der Waals surface area contributed by atoms with Crippen molar-refractivity contribution in [2.24, 2.45) is 0 Å². The van der Waals surface area contributed by atoms with Crippen LogP contribution < -0.4 is 18.9 Å². The van der Waals surface area contributed by atoms with Crippen LogP contribution >= 0.6 is 0 Å². The molecule has 0 aliphatic heterocycles. The summed E-state index contributed by atoms with van der Waals surface area (Å²) in [4.78, 5) is 106. The smallest absolute Gasteiger partial charge is 0.348 e. The molecule has 3 rings (SSSR count). The summed E-state index contributed by atoms with van der Waals surface area (Å²) >= 11 is 0. The largest absolute Gasteiger partial charge is 0.456 e. The average molecular weight is 781 g/mol. The molecule has 1 heterocycles. The van der Waals surface area contributed by atoms with Crippen LogP contribution in [0.25, 0.3) is 0 Å². The monoisotopic (exact) mass is 780 g/mol. The molecule has 0 radical (unpaired) electrons. The minimum absolute atomic E-state index is 0.0490. The van der Waals surface area contributed by atoms with Crippen molar-refractivity contribution in [2.45, 2.75) is 93.7 Å². The van der Waals surface area contributed by atoms with Gasteiger partial charge in [-0.15, -0.1) is 0 Å². The number of carbonyl (C=O) groups is 8. The van der Waals surface area contributed by atoms with Crippen molar-refractivity contribution in [3.63, 3.8) is 0 Å². The van der Waals surface area contributed by atoms with E-state index in [2.05, 4.69) is 9.97 Å². The highest BCUT2D eigenvalue weighted by Gasteiger charge is 2.28. The van der Waals surface area contributed by atoms with Crippen molar-refractivity contribution in [1.29, 1.82) is 0 Å². The van der Waals surface area contributed by atoms with Gasteiger partial charge in [-0.3, -0.25) is 38.7 Å². The lowest BCUT2D eigenvalue weighted by Crippen LogP contribution is -2.31. The Hall–Kier alpha value is -6.72. The number of esters is 8. The minimum atomic E-state index is -1.48. The maximum Gasteiger partial charge on any atom is 0.348 e. The van der Waals surface area contributed by atoms with Crippen LogP contribution in [-0.2, 0) is 83.4 Å². The Morgan fingerprint density at radius 2 is 0.804 bits per heavy atom. The number of aromatic nitrogens is 2. The van der Waals surface area contributed by atoms with Gasteiger partial charge in [-0.2, -0.15) is 0 Å². The molecule has 2 atom stereocenters. The second-order valence-corrected chi connectivity index (χ2v) is 12.0. The number of benzene rings is 2. The molecule has 2 aromatic carbocycles. The molecule has 0 spiro atoms. The molecule has 0 N–H and O–H groups in total. The summed E-state index contributed by atoms with van der Waals surface area (Å²) in [6.07, 6.45) is -3.43. The Morgan fingerprint density at radius 1 is 0.482 bits per heavy atom. The highest BCUT2D eigenvalue weighted by molar-refractivity contribution is 5.80. The van der Waals surface area contributed by atoms with Crippen molar-refractivity contribution in [3.8, 4) is 23.0 Å². The van der Waals surface area contributed by atoms with E-state index in [0.29, 0.717) is 22.5 Å². The Balaban J connectivity index is 1.80. The fraction of sp³-hybridized carbons (Fsp3) is 0.368. The normalized spacial score (nSPS) is 11.6. The Bertz CT molecular complexity index is 1880. The number of hydrogen-bond donors (Lipinski definition) is 0. The van der Waals surface area contributed by atoms with Gasteiger partial charge in [-0.05, 0) is 49.2 Å². The van der Waals surface area contributed by atoms with Crippen molar-refractivity contribution in [2.75, 3.05) is 0 Å². The van der Waals surface area contributed by atoms with Crippen LogP contribution in [0.15, 0.2) is 36.4 Å². The number of rotatable bonds is 16. The molecule has 0 saturated carbocycles. The SMILES string of the molecule is CC(=O)Oc1ccc(C[C@@H](OC(C)=O)C(=O)OCc2nc(C)c(C)nc2COC(=O)[C@@H](Cc2ccc(OC(C)=O)c(OC(C)=O)c2)OC(C)=O)cc1OC(C)=O. The van der Waals surface area contributed by atoms with Crippen LogP contribution in [0.4, 0.5) is 0 Å². The lowest BCUT2D eigenvalue weighted by Gasteiger charge is -2.19. The van der Waals surface area contributed by atoms with Crippen LogP contribution in [0.2, 0.25) is 0 Å². The molecule has 0 unspecified atom stereocenters. The summed E-state index contributed by atoms with van der Waals surface area (Å²) in [5, 5.41) is 0. The van der Waals surface area contributed by atoms with E-state index in [1.165, 1.54) is 36.4 Å². The second-order valence-electron chi connectivity index (χ2n) is 12.0. The van der Waals surface area contributed by atoms with Gasteiger partial charge in [-0.1, -0.05) is 12.1 Å². The first-order chi connectivity index (χ1) is 26.3. The Labute approximate surface area is 320 Å². The predicted octanol–water partition coefficient (Wildman–Crippen LogP) is 3.23. The number of carbonyl (C=O) groups excluding carboxylic acids is 8. The number of aryl methyl sites for hydroxylation is 2. The molecule has 0 amide bonds. The van der Waals surface area contributed by atoms with Gasteiger partial charge in [-0.25, -0.2) is 9.59 Å². The molecule has 0 aliphatic carbocycles. The molecule has 1 aromatic heterocycles. The van der Waals surface area contributed by atoms with E-state index in [1.54, 1.807) is 13.8 Å². The Morgan fingerprint density at radius 3 is 1.11 bits per heavy atom. The van der Waals surface area contributed by atoms with Gasteiger partial charge in [0.05, 0.1) is 11.4 Å². The van der Waals surface area contributed by atoms with E-state index in [9.17, 15) is 38.4 Å². The molecular formula is C38H40N2O16. The summed E-state index contributed by atoms with van der Waals surface area (Å²) < 4.78 is 41.8. The molecule has 18 heteroatoms. The number of hydrogen-bond acceptors (Lipinski definition) is 18. The predicted molar refractivity (Wildman–Crippen MR) is 188 cm³/mol. The zero-order valence-electron chi connectivity index (χ0n) is 31.9. The highest BCUT2D eigenvalue weighted by atomic mass is 16.6. The molecule has 3 aromatic rings. The molecule has 298 valence electrons. The van der Waals surface area contributed by atoms with Crippen molar-refractivity contribution in [3.05, 3.63) is 70.3 Å². The van der Waals surface area contributed by atoms with Crippen LogP contribution in [-0.4, -0.2) is 69.9 Å². The summed E-state index contributed by atoms with van der Waals surface area (Å²) in [6, 6.07) is 8.30. The van der Waals surface area contributed by atoms with Crippen LogP contribution in [0.5, 0.6) is 23.0 Å². The van der Waals surface area contributed by atoms with E-state index < -0.39 is 73.2 Å². The maximum absolute atomic E-state index is 13.3. The van der Waals surface area contributed by atoms with E-state index in [1.807, 2.05) is 0 Å². The zero-order chi connectivity index (χ0) is 41.7. The van der Waals surface area contributed by atoms with Crippen molar-refractivity contribution >= 4 is 47.8 Å². The summed E-state index contributed by atoms with van der Waals surface area (Å²) in [5.74, 6) is -6.61. The fourth-order valence-electron chi connectivity index (χ4n) is 4.87. The van der Waals surface area contributed by atoms with Gasteiger partial charge in [0.25, 0.3) is 0 Å². The third-order valence-electron chi connectivity index (χ3n) is 7.18. The summed E-state index contributed by atoms with van der Waals surface area (Å²) in [7, 11) is 0.